The van der Waals surface area contributed by atoms with Crippen LogP contribution in [0.3, 0.4) is 0 Å². The molecule has 0 bridgehead atoms. The fourth-order valence-electron chi connectivity index (χ4n) is 2.41. The lowest BCUT2D eigenvalue weighted by molar-refractivity contribution is 0.218. The second-order valence-electron chi connectivity index (χ2n) is 4.58. The molecule has 5 heteroatoms. The monoisotopic (exact) mass is 231 g/mol. The van der Waals surface area contributed by atoms with Crippen LogP contribution in [0, 0.1) is 0 Å². The molecule has 1 aliphatic rings. The van der Waals surface area contributed by atoms with Crippen molar-refractivity contribution in [2.75, 3.05) is 19.6 Å². The molecule has 0 N–H and O–H groups in total. The topological polar surface area (TPSA) is 46.8 Å². The third-order valence-corrected chi connectivity index (χ3v) is 3.39. The summed E-state index contributed by atoms with van der Waals surface area (Å²) in [7, 11) is 0. The first kappa shape index (κ1) is 10.7. The number of nitrogens with zero attached hydrogens (tertiary/aromatic N) is 5. The van der Waals surface area contributed by atoms with Gasteiger partial charge >= 0.3 is 0 Å². The maximum absolute atomic E-state index is 4.18. The van der Waals surface area contributed by atoms with Crippen LogP contribution < -0.4 is 0 Å². The van der Waals surface area contributed by atoms with Gasteiger partial charge in [-0.15, -0.1) is 5.10 Å². The highest BCUT2D eigenvalue weighted by Gasteiger charge is 2.10. The molecule has 0 unspecified atom stereocenters. The van der Waals surface area contributed by atoms with E-state index in [0.29, 0.717) is 0 Å². The summed E-state index contributed by atoms with van der Waals surface area (Å²) in [5.74, 6) is 0. The van der Waals surface area contributed by atoms with E-state index in [4.69, 9.17) is 0 Å². The normalized spacial score (nSPS) is 17.6. The van der Waals surface area contributed by atoms with Crippen LogP contribution in [-0.2, 0) is 6.54 Å². The van der Waals surface area contributed by atoms with Crippen LogP contribution in [0.2, 0.25) is 0 Å². The standard InChI is InChI=1S/C12H17N5/c1-2-6-16(7-3-1)8-9-17-12-4-5-13-10-11(12)14-15-17/h4-5,10H,1-3,6-9H2. The SMILES string of the molecule is c1cc2c(cn1)nnn2CCN1CCCCC1. The number of rotatable bonds is 3. The predicted molar refractivity (Wildman–Crippen MR) is 65.6 cm³/mol. The van der Waals surface area contributed by atoms with Gasteiger partial charge in [0.25, 0.3) is 0 Å². The van der Waals surface area contributed by atoms with E-state index in [1.54, 1.807) is 12.4 Å². The molecular weight excluding hydrogens is 214 g/mol. The van der Waals surface area contributed by atoms with Crippen molar-refractivity contribution < 1.29 is 0 Å². The summed E-state index contributed by atoms with van der Waals surface area (Å²) in [5.41, 5.74) is 1.96. The van der Waals surface area contributed by atoms with Gasteiger partial charge in [0.1, 0.15) is 5.52 Å². The second kappa shape index (κ2) is 4.79. The lowest BCUT2D eigenvalue weighted by Gasteiger charge is -2.26. The van der Waals surface area contributed by atoms with Crippen LogP contribution in [0.25, 0.3) is 11.0 Å². The molecule has 0 aliphatic carbocycles. The molecule has 2 aromatic heterocycles. The van der Waals surface area contributed by atoms with Gasteiger partial charge in [-0.3, -0.25) is 4.98 Å². The van der Waals surface area contributed by atoms with Crippen molar-refractivity contribution in [1.29, 1.82) is 0 Å². The lowest BCUT2D eigenvalue weighted by atomic mass is 10.1. The fraction of sp³-hybridized carbons (Fsp3) is 0.583. The number of piperidine rings is 1. The predicted octanol–water partition coefficient (Wildman–Crippen LogP) is 1.31. The van der Waals surface area contributed by atoms with Gasteiger partial charge < -0.3 is 4.90 Å². The van der Waals surface area contributed by atoms with Gasteiger partial charge in [-0.1, -0.05) is 11.6 Å². The van der Waals surface area contributed by atoms with Gasteiger partial charge in [0.15, 0.2) is 0 Å². The smallest absolute Gasteiger partial charge is 0.131 e. The average molecular weight is 231 g/mol. The lowest BCUT2D eigenvalue weighted by Crippen LogP contribution is -2.32. The Morgan fingerprint density at radius 3 is 2.88 bits per heavy atom. The van der Waals surface area contributed by atoms with Gasteiger partial charge in [0, 0.05) is 12.7 Å². The zero-order chi connectivity index (χ0) is 11.5. The zero-order valence-corrected chi connectivity index (χ0v) is 9.92. The third kappa shape index (κ3) is 2.29. The summed E-state index contributed by atoms with van der Waals surface area (Å²) in [6, 6.07) is 1.98. The highest BCUT2D eigenvalue weighted by atomic mass is 15.4. The highest BCUT2D eigenvalue weighted by molar-refractivity contribution is 5.72. The summed E-state index contributed by atoms with van der Waals surface area (Å²) >= 11 is 0. The van der Waals surface area contributed by atoms with Gasteiger partial charge in [0.2, 0.25) is 0 Å². The van der Waals surface area contributed by atoms with Crippen LogP contribution in [0.4, 0.5) is 0 Å². The molecular formula is C12H17N5. The molecule has 90 valence electrons. The van der Waals surface area contributed by atoms with Gasteiger partial charge in [-0.2, -0.15) is 0 Å². The van der Waals surface area contributed by atoms with Gasteiger partial charge in [-0.05, 0) is 32.0 Å². The molecule has 1 aliphatic heterocycles. The summed E-state index contributed by atoms with van der Waals surface area (Å²) < 4.78 is 1.98. The maximum Gasteiger partial charge on any atom is 0.131 e. The molecule has 0 spiro atoms. The Morgan fingerprint density at radius 2 is 2.00 bits per heavy atom. The Balaban J connectivity index is 1.68. The molecule has 0 radical (unpaired) electrons. The molecule has 2 aromatic rings. The summed E-state index contributed by atoms with van der Waals surface area (Å²) in [6.45, 7) is 4.45. The second-order valence-corrected chi connectivity index (χ2v) is 4.58. The quantitative estimate of drug-likeness (QED) is 0.799. The van der Waals surface area contributed by atoms with E-state index < -0.39 is 0 Å². The van der Waals surface area contributed by atoms with E-state index >= 15 is 0 Å². The van der Waals surface area contributed by atoms with E-state index in [-0.39, 0.29) is 0 Å². The molecule has 3 heterocycles. The maximum atomic E-state index is 4.18. The van der Waals surface area contributed by atoms with E-state index in [9.17, 15) is 0 Å². The fourth-order valence-corrected chi connectivity index (χ4v) is 2.41. The van der Waals surface area contributed by atoms with Crippen molar-refractivity contribution in [2.45, 2.75) is 25.8 Å². The Morgan fingerprint density at radius 1 is 1.12 bits per heavy atom. The first-order valence-corrected chi connectivity index (χ1v) is 6.29. The Labute approximate surface area is 100 Å². The number of hydrogen-bond acceptors (Lipinski definition) is 4. The molecule has 0 atom stereocenters. The molecule has 0 amide bonds. The number of aromatic nitrogens is 4. The first-order valence-electron chi connectivity index (χ1n) is 6.29. The van der Waals surface area contributed by atoms with Crippen molar-refractivity contribution in [2.24, 2.45) is 0 Å². The Bertz CT molecular complexity index is 486. The van der Waals surface area contributed by atoms with E-state index in [2.05, 4.69) is 20.2 Å². The first-order chi connectivity index (χ1) is 8.43. The third-order valence-electron chi connectivity index (χ3n) is 3.39. The zero-order valence-electron chi connectivity index (χ0n) is 9.92. The minimum Gasteiger partial charge on any atom is -0.301 e. The van der Waals surface area contributed by atoms with Crippen molar-refractivity contribution in [3.8, 4) is 0 Å². The van der Waals surface area contributed by atoms with Gasteiger partial charge in [0.05, 0.1) is 18.3 Å². The van der Waals surface area contributed by atoms with Crippen LogP contribution in [0.1, 0.15) is 19.3 Å². The molecule has 0 saturated carbocycles. The van der Waals surface area contributed by atoms with Crippen LogP contribution in [-0.4, -0.2) is 44.5 Å². The van der Waals surface area contributed by atoms with Crippen molar-refractivity contribution in [3.05, 3.63) is 18.5 Å². The number of hydrogen-bond donors (Lipinski definition) is 0. The van der Waals surface area contributed by atoms with Crippen LogP contribution in [0.5, 0.6) is 0 Å². The molecule has 0 aromatic carbocycles. The number of likely N-dealkylation sites (tertiary alicyclic amines) is 1. The van der Waals surface area contributed by atoms with E-state index in [1.165, 1.54) is 32.4 Å². The van der Waals surface area contributed by atoms with Crippen molar-refractivity contribution in [3.63, 3.8) is 0 Å². The summed E-state index contributed by atoms with van der Waals surface area (Å²) in [6.07, 6.45) is 7.61. The minimum atomic E-state index is 0.881. The molecule has 3 rings (SSSR count). The summed E-state index contributed by atoms with van der Waals surface area (Å²) in [4.78, 5) is 6.56. The largest absolute Gasteiger partial charge is 0.301 e. The summed E-state index contributed by atoms with van der Waals surface area (Å²) in [5, 5.41) is 8.29. The Kier molecular flexibility index (Phi) is 3.00. The van der Waals surface area contributed by atoms with E-state index in [0.717, 1.165) is 24.1 Å². The molecule has 1 saturated heterocycles. The van der Waals surface area contributed by atoms with E-state index in [1.807, 2.05) is 10.7 Å². The minimum absolute atomic E-state index is 0.881. The Hall–Kier alpha value is -1.49. The molecule has 17 heavy (non-hydrogen) atoms. The van der Waals surface area contributed by atoms with Crippen LogP contribution in [0.15, 0.2) is 18.5 Å². The average Bonchev–Trinajstić information content (AvgIpc) is 2.81. The van der Waals surface area contributed by atoms with Crippen LogP contribution >= 0.6 is 0 Å². The highest BCUT2D eigenvalue weighted by Crippen LogP contribution is 2.10. The molecule has 5 nitrogen and oxygen atoms in total. The van der Waals surface area contributed by atoms with Gasteiger partial charge in [-0.25, -0.2) is 4.68 Å². The van der Waals surface area contributed by atoms with Crippen molar-refractivity contribution in [1.82, 2.24) is 24.9 Å². The van der Waals surface area contributed by atoms with Crippen molar-refractivity contribution >= 4 is 11.0 Å². The molecule has 1 fully saturated rings. The number of pyridine rings is 1. The number of fused-ring (bicyclic) bond motifs is 1.